The molecule has 1 saturated heterocycles. The van der Waals surface area contributed by atoms with Crippen LogP contribution < -0.4 is 5.73 Å². The third-order valence-corrected chi connectivity index (χ3v) is 4.23. The van der Waals surface area contributed by atoms with Crippen LogP contribution in [0, 0.1) is 0 Å². The standard InChI is InChI=1S/C12H22F3N3/c13-12(14,15)11(9-16)18-7-5-17(6-8-18)10-3-1-2-4-10/h10-11H,1-9,16H2. The minimum Gasteiger partial charge on any atom is -0.329 e. The molecule has 0 spiro atoms. The highest BCUT2D eigenvalue weighted by atomic mass is 19.4. The Balaban J connectivity index is 1.85. The quantitative estimate of drug-likeness (QED) is 0.838. The van der Waals surface area contributed by atoms with Crippen molar-refractivity contribution in [3.63, 3.8) is 0 Å². The van der Waals surface area contributed by atoms with E-state index < -0.39 is 12.2 Å². The van der Waals surface area contributed by atoms with Gasteiger partial charge in [0.15, 0.2) is 0 Å². The molecule has 0 amide bonds. The van der Waals surface area contributed by atoms with Gasteiger partial charge in [-0.3, -0.25) is 9.80 Å². The van der Waals surface area contributed by atoms with Gasteiger partial charge in [0.25, 0.3) is 0 Å². The van der Waals surface area contributed by atoms with Gasteiger partial charge >= 0.3 is 6.18 Å². The molecule has 18 heavy (non-hydrogen) atoms. The molecule has 6 heteroatoms. The molecule has 2 fully saturated rings. The van der Waals surface area contributed by atoms with Gasteiger partial charge < -0.3 is 5.73 Å². The third-order valence-electron chi connectivity index (χ3n) is 4.23. The first kappa shape index (κ1) is 14.1. The van der Waals surface area contributed by atoms with Crippen molar-refractivity contribution in [1.82, 2.24) is 9.80 Å². The monoisotopic (exact) mass is 265 g/mol. The fourth-order valence-corrected chi connectivity index (χ4v) is 3.17. The average Bonchev–Trinajstić information content (AvgIpc) is 2.82. The second-order valence-electron chi connectivity index (χ2n) is 5.30. The van der Waals surface area contributed by atoms with E-state index >= 15 is 0 Å². The lowest BCUT2D eigenvalue weighted by Gasteiger charge is -2.41. The van der Waals surface area contributed by atoms with E-state index in [1.54, 1.807) is 0 Å². The maximum Gasteiger partial charge on any atom is 0.405 e. The Morgan fingerprint density at radius 1 is 1.06 bits per heavy atom. The van der Waals surface area contributed by atoms with Crippen LogP contribution in [0.5, 0.6) is 0 Å². The summed E-state index contributed by atoms with van der Waals surface area (Å²) < 4.78 is 38.3. The van der Waals surface area contributed by atoms with Gasteiger partial charge in [0.1, 0.15) is 6.04 Å². The summed E-state index contributed by atoms with van der Waals surface area (Å²) >= 11 is 0. The number of alkyl halides is 3. The molecule has 0 radical (unpaired) electrons. The summed E-state index contributed by atoms with van der Waals surface area (Å²) in [7, 11) is 0. The Labute approximate surface area is 106 Å². The number of piperazine rings is 1. The summed E-state index contributed by atoms with van der Waals surface area (Å²) in [6.07, 6.45) is 0.737. The van der Waals surface area contributed by atoms with Crippen molar-refractivity contribution in [2.75, 3.05) is 32.7 Å². The highest BCUT2D eigenvalue weighted by Crippen LogP contribution is 2.28. The lowest BCUT2D eigenvalue weighted by Crippen LogP contribution is -2.58. The minimum absolute atomic E-state index is 0.340. The van der Waals surface area contributed by atoms with E-state index in [9.17, 15) is 13.2 Å². The number of nitrogens with two attached hydrogens (primary N) is 1. The average molecular weight is 265 g/mol. The fourth-order valence-electron chi connectivity index (χ4n) is 3.17. The predicted octanol–water partition coefficient (Wildman–Crippen LogP) is 1.44. The van der Waals surface area contributed by atoms with Crippen LogP contribution in [0.2, 0.25) is 0 Å². The van der Waals surface area contributed by atoms with Crippen molar-refractivity contribution in [3.8, 4) is 0 Å². The van der Waals surface area contributed by atoms with E-state index in [4.69, 9.17) is 5.73 Å². The third kappa shape index (κ3) is 3.16. The van der Waals surface area contributed by atoms with E-state index in [1.165, 1.54) is 30.6 Å². The van der Waals surface area contributed by atoms with Crippen molar-refractivity contribution < 1.29 is 13.2 Å². The van der Waals surface area contributed by atoms with Crippen LogP contribution in [0.3, 0.4) is 0 Å². The molecule has 0 aromatic carbocycles. The highest BCUT2D eigenvalue weighted by molar-refractivity contribution is 4.87. The van der Waals surface area contributed by atoms with Crippen LogP contribution in [-0.2, 0) is 0 Å². The molecule has 1 aliphatic carbocycles. The van der Waals surface area contributed by atoms with Crippen LogP contribution in [0.1, 0.15) is 25.7 Å². The molecular formula is C12H22F3N3. The number of hydrogen-bond acceptors (Lipinski definition) is 3. The van der Waals surface area contributed by atoms with Gasteiger partial charge in [-0.05, 0) is 12.8 Å². The van der Waals surface area contributed by atoms with Crippen LogP contribution in [-0.4, -0.2) is 60.8 Å². The van der Waals surface area contributed by atoms with Gasteiger partial charge in [0.05, 0.1) is 0 Å². The number of hydrogen-bond donors (Lipinski definition) is 1. The first-order chi connectivity index (χ1) is 8.52. The lowest BCUT2D eigenvalue weighted by molar-refractivity contribution is -0.185. The van der Waals surface area contributed by atoms with Crippen molar-refractivity contribution in [1.29, 1.82) is 0 Å². The lowest BCUT2D eigenvalue weighted by atomic mass is 10.1. The SMILES string of the molecule is NCC(N1CCN(C2CCCC2)CC1)C(F)(F)F. The molecule has 2 N–H and O–H groups in total. The summed E-state index contributed by atoms with van der Waals surface area (Å²) in [6, 6.07) is -0.863. The molecule has 0 aromatic heterocycles. The molecular weight excluding hydrogens is 243 g/mol. The van der Waals surface area contributed by atoms with Crippen LogP contribution >= 0.6 is 0 Å². The van der Waals surface area contributed by atoms with Crippen molar-refractivity contribution in [3.05, 3.63) is 0 Å². The largest absolute Gasteiger partial charge is 0.405 e. The summed E-state index contributed by atoms with van der Waals surface area (Å²) in [5.74, 6) is 0. The molecule has 0 aromatic rings. The fraction of sp³-hybridized carbons (Fsp3) is 1.00. The van der Waals surface area contributed by atoms with Crippen LogP contribution in [0.15, 0.2) is 0 Å². The Hall–Kier alpha value is -0.330. The zero-order valence-corrected chi connectivity index (χ0v) is 10.6. The predicted molar refractivity (Wildman–Crippen MR) is 64.3 cm³/mol. The molecule has 3 nitrogen and oxygen atoms in total. The van der Waals surface area contributed by atoms with Gasteiger partial charge in [0, 0.05) is 38.8 Å². The van der Waals surface area contributed by atoms with Gasteiger partial charge in [-0.25, -0.2) is 0 Å². The Kier molecular flexibility index (Phi) is 4.50. The van der Waals surface area contributed by atoms with Crippen molar-refractivity contribution in [2.24, 2.45) is 5.73 Å². The van der Waals surface area contributed by atoms with E-state index in [0.29, 0.717) is 19.1 Å². The molecule has 2 rings (SSSR count). The summed E-state index contributed by atoms with van der Waals surface area (Å²) in [5, 5.41) is 0. The summed E-state index contributed by atoms with van der Waals surface area (Å²) in [4.78, 5) is 3.85. The van der Waals surface area contributed by atoms with Gasteiger partial charge in [-0.15, -0.1) is 0 Å². The van der Waals surface area contributed by atoms with Crippen LogP contribution in [0.25, 0.3) is 0 Å². The second-order valence-corrected chi connectivity index (χ2v) is 5.30. The van der Waals surface area contributed by atoms with Gasteiger partial charge in [-0.2, -0.15) is 13.2 Å². The molecule has 106 valence electrons. The molecule has 1 atom stereocenters. The maximum absolute atomic E-state index is 12.8. The number of rotatable bonds is 3. The Morgan fingerprint density at radius 3 is 2.06 bits per heavy atom. The summed E-state index contributed by atoms with van der Waals surface area (Å²) in [6.45, 7) is 2.12. The minimum atomic E-state index is -4.20. The van der Waals surface area contributed by atoms with Crippen LogP contribution in [0.4, 0.5) is 13.2 Å². The van der Waals surface area contributed by atoms with Crippen molar-refractivity contribution >= 4 is 0 Å². The number of nitrogens with zero attached hydrogens (tertiary/aromatic N) is 2. The first-order valence-corrected chi connectivity index (χ1v) is 6.77. The zero-order chi connectivity index (χ0) is 13.2. The van der Waals surface area contributed by atoms with Crippen molar-refractivity contribution in [2.45, 2.75) is 43.9 Å². The molecule has 2 aliphatic rings. The highest BCUT2D eigenvalue weighted by Gasteiger charge is 2.43. The smallest absolute Gasteiger partial charge is 0.329 e. The van der Waals surface area contributed by atoms with E-state index in [2.05, 4.69) is 4.90 Å². The molecule has 1 saturated carbocycles. The maximum atomic E-state index is 12.8. The Morgan fingerprint density at radius 2 is 1.61 bits per heavy atom. The number of halogens is 3. The normalized spacial score (nSPS) is 26.7. The van der Waals surface area contributed by atoms with E-state index in [1.807, 2.05) is 0 Å². The van der Waals surface area contributed by atoms with Gasteiger partial charge in [0.2, 0.25) is 0 Å². The Bertz CT molecular complexity index is 256. The summed E-state index contributed by atoms with van der Waals surface area (Å²) in [5.41, 5.74) is 5.27. The molecule has 1 aliphatic heterocycles. The zero-order valence-electron chi connectivity index (χ0n) is 10.6. The molecule has 1 unspecified atom stereocenters. The first-order valence-electron chi connectivity index (χ1n) is 6.77. The molecule has 1 heterocycles. The second kappa shape index (κ2) is 5.75. The molecule has 0 bridgehead atoms. The topological polar surface area (TPSA) is 32.5 Å². The van der Waals surface area contributed by atoms with E-state index in [0.717, 1.165) is 13.1 Å². The van der Waals surface area contributed by atoms with E-state index in [-0.39, 0.29) is 6.54 Å². The van der Waals surface area contributed by atoms with Gasteiger partial charge in [-0.1, -0.05) is 12.8 Å².